The van der Waals surface area contributed by atoms with Gasteiger partial charge in [0, 0.05) is 17.1 Å². The van der Waals surface area contributed by atoms with Gasteiger partial charge < -0.3 is 10.7 Å². The minimum atomic E-state index is -0.419. The summed E-state index contributed by atoms with van der Waals surface area (Å²) in [5.74, 6) is 0.781. The van der Waals surface area contributed by atoms with Gasteiger partial charge in [0.1, 0.15) is 5.25 Å². The smallest absolute Gasteiger partial charge is 0.240 e. The molecular formula is C23H26ClN5OS. The number of rotatable bonds is 6. The molecule has 1 aliphatic heterocycles. The standard InChI is InChI=1S/C23H26ClN5OS/c1-4-6-19-26-27-23-29(19)28-20(16-10-8-15(5-2)9-11-16)21(31-23)22(30)25-18-13-17(24)12-7-14(18)3/h7-13,20-21,28H,4-6H2,1-3H3,(H,25,30)/t20-,21+/m0/s1. The SMILES string of the molecule is CCCc1nnc2n1N[C@@H](c1ccc(CC)cc1)[C@H](C(=O)Nc1cc(Cl)ccc1C)S2. The molecule has 0 unspecified atom stereocenters. The molecule has 0 fully saturated rings. The second-order valence-electron chi connectivity index (χ2n) is 7.67. The first kappa shape index (κ1) is 21.7. The predicted octanol–water partition coefficient (Wildman–Crippen LogP) is 5.15. The van der Waals surface area contributed by atoms with Crippen LogP contribution in [-0.4, -0.2) is 26.0 Å². The van der Waals surface area contributed by atoms with E-state index in [2.05, 4.69) is 59.1 Å². The zero-order valence-electron chi connectivity index (χ0n) is 17.9. The maximum atomic E-state index is 13.4. The Morgan fingerprint density at radius 1 is 1.19 bits per heavy atom. The number of halogens is 1. The average molecular weight is 456 g/mol. The van der Waals surface area contributed by atoms with Crippen molar-refractivity contribution in [1.82, 2.24) is 14.9 Å². The van der Waals surface area contributed by atoms with E-state index in [0.29, 0.717) is 10.2 Å². The lowest BCUT2D eigenvalue weighted by Crippen LogP contribution is -2.41. The van der Waals surface area contributed by atoms with E-state index in [1.54, 1.807) is 6.07 Å². The lowest BCUT2D eigenvalue weighted by molar-refractivity contribution is -0.116. The molecule has 2 N–H and O–H groups in total. The third kappa shape index (κ3) is 4.57. The maximum Gasteiger partial charge on any atom is 0.240 e. The molecule has 0 spiro atoms. The summed E-state index contributed by atoms with van der Waals surface area (Å²) in [4.78, 5) is 13.4. The zero-order chi connectivity index (χ0) is 22.0. The zero-order valence-corrected chi connectivity index (χ0v) is 19.4. The van der Waals surface area contributed by atoms with Crippen LogP contribution in [0.4, 0.5) is 5.69 Å². The van der Waals surface area contributed by atoms with Crippen LogP contribution in [-0.2, 0) is 17.6 Å². The summed E-state index contributed by atoms with van der Waals surface area (Å²) in [7, 11) is 0. The van der Waals surface area contributed by atoms with Crippen molar-refractivity contribution in [3.05, 3.63) is 70.0 Å². The molecule has 1 aliphatic rings. The van der Waals surface area contributed by atoms with Crippen LogP contribution in [0, 0.1) is 6.92 Å². The van der Waals surface area contributed by atoms with Crippen LogP contribution in [0.1, 0.15) is 48.8 Å². The molecule has 162 valence electrons. The van der Waals surface area contributed by atoms with Gasteiger partial charge in [-0.15, -0.1) is 10.2 Å². The summed E-state index contributed by atoms with van der Waals surface area (Å²) in [5.41, 5.74) is 7.51. The Labute approximate surface area is 191 Å². The van der Waals surface area contributed by atoms with E-state index >= 15 is 0 Å². The van der Waals surface area contributed by atoms with Crippen molar-refractivity contribution in [3.63, 3.8) is 0 Å². The highest BCUT2D eigenvalue weighted by molar-refractivity contribution is 8.00. The van der Waals surface area contributed by atoms with Gasteiger partial charge in [-0.05, 0) is 48.6 Å². The molecule has 1 aromatic heterocycles. The van der Waals surface area contributed by atoms with Crippen LogP contribution in [0.5, 0.6) is 0 Å². The van der Waals surface area contributed by atoms with Crippen LogP contribution >= 0.6 is 23.4 Å². The molecule has 0 saturated heterocycles. The minimum absolute atomic E-state index is 0.0984. The molecule has 8 heteroatoms. The molecule has 3 aromatic rings. The molecule has 2 atom stereocenters. The first-order valence-corrected chi connectivity index (χ1v) is 11.8. The van der Waals surface area contributed by atoms with Crippen LogP contribution in [0.3, 0.4) is 0 Å². The summed E-state index contributed by atoms with van der Waals surface area (Å²) < 4.78 is 1.93. The largest absolute Gasteiger partial charge is 0.325 e. The van der Waals surface area contributed by atoms with Gasteiger partial charge in [0.2, 0.25) is 11.1 Å². The van der Waals surface area contributed by atoms with Gasteiger partial charge in [-0.2, -0.15) is 0 Å². The summed E-state index contributed by atoms with van der Waals surface area (Å²) in [6, 6.07) is 13.7. The fourth-order valence-electron chi connectivity index (χ4n) is 3.63. The quantitative estimate of drug-likeness (QED) is 0.537. The number of nitrogens with zero attached hydrogens (tertiary/aromatic N) is 3. The number of carbonyl (C=O) groups is 1. The molecule has 2 heterocycles. The molecule has 31 heavy (non-hydrogen) atoms. The van der Waals surface area contributed by atoms with E-state index in [1.165, 1.54) is 17.3 Å². The number of anilines is 1. The van der Waals surface area contributed by atoms with Gasteiger partial charge in [-0.3, -0.25) is 4.79 Å². The molecular weight excluding hydrogens is 430 g/mol. The number of aromatic nitrogens is 3. The number of hydrogen-bond donors (Lipinski definition) is 2. The molecule has 4 rings (SSSR count). The first-order chi connectivity index (χ1) is 15.0. The Hall–Kier alpha value is -2.51. The van der Waals surface area contributed by atoms with E-state index in [0.717, 1.165) is 41.9 Å². The van der Waals surface area contributed by atoms with E-state index in [4.69, 9.17) is 11.6 Å². The summed E-state index contributed by atoms with van der Waals surface area (Å²) in [6.45, 7) is 6.20. The molecule has 0 saturated carbocycles. The minimum Gasteiger partial charge on any atom is -0.325 e. The van der Waals surface area contributed by atoms with Gasteiger partial charge in [0.15, 0.2) is 5.82 Å². The molecule has 1 amide bonds. The number of aryl methyl sites for hydroxylation is 3. The fraction of sp³-hybridized carbons (Fsp3) is 0.348. The molecule has 6 nitrogen and oxygen atoms in total. The highest BCUT2D eigenvalue weighted by Crippen LogP contribution is 2.38. The van der Waals surface area contributed by atoms with Crippen molar-refractivity contribution in [1.29, 1.82) is 0 Å². The Balaban J connectivity index is 1.67. The van der Waals surface area contributed by atoms with Crippen LogP contribution in [0.15, 0.2) is 47.6 Å². The molecule has 0 bridgehead atoms. The van der Waals surface area contributed by atoms with Crippen molar-refractivity contribution in [2.24, 2.45) is 0 Å². The van der Waals surface area contributed by atoms with Crippen molar-refractivity contribution >= 4 is 35.0 Å². The number of hydrogen-bond acceptors (Lipinski definition) is 5. The lowest BCUT2D eigenvalue weighted by Gasteiger charge is -2.33. The van der Waals surface area contributed by atoms with Crippen LogP contribution in [0.25, 0.3) is 0 Å². The van der Waals surface area contributed by atoms with Crippen molar-refractivity contribution < 1.29 is 4.79 Å². The number of amides is 1. The van der Waals surface area contributed by atoms with Gasteiger partial charge in [0.25, 0.3) is 0 Å². The first-order valence-electron chi connectivity index (χ1n) is 10.5. The highest BCUT2D eigenvalue weighted by Gasteiger charge is 2.37. The summed E-state index contributed by atoms with van der Waals surface area (Å²) in [6.07, 6.45) is 2.76. The third-order valence-corrected chi connectivity index (χ3v) is 6.89. The Morgan fingerprint density at radius 2 is 1.97 bits per heavy atom. The molecule has 0 aliphatic carbocycles. The van der Waals surface area contributed by atoms with Gasteiger partial charge in [-0.1, -0.05) is 67.5 Å². The van der Waals surface area contributed by atoms with Crippen molar-refractivity contribution in [2.75, 3.05) is 10.7 Å². The average Bonchev–Trinajstić information content (AvgIpc) is 3.17. The normalized spacial score (nSPS) is 17.7. The van der Waals surface area contributed by atoms with Crippen molar-refractivity contribution in [2.45, 2.75) is 56.5 Å². The van der Waals surface area contributed by atoms with Crippen LogP contribution in [0.2, 0.25) is 5.02 Å². The predicted molar refractivity (Wildman–Crippen MR) is 126 cm³/mol. The lowest BCUT2D eigenvalue weighted by atomic mass is 10.0. The number of nitrogens with one attached hydrogen (secondary N) is 2. The monoisotopic (exact) mass is 455 g/mol. The number of thioether (sulfide) groups is 1. The maximum absolute atomic E-state index is 13.4. The second kappa shape index (κ2) is 9.32. The molecule has 2 aromatic carbocycles. The fourth-order valence-corrected chi connectivity index (χ4v) is 4.90. The summed E-state index contributed by atoms with van der Waals surface area (Å²) in [5, 5.41) is 12.6. The third-order valence-electron chi connectivity index (χ3n) is 5.44. The number of fused-ring (bicyclic) bond motifs is 1. The Bertz CT molecular complexity index is 1080. The van der Waals surface area contributed by atoms with Gasteiger partial charge >= 0.3 is 0 Å². The summed E-state index contributed by atoms with van der Waals surface area (Å²) >= 11 is 7.58. The number of benzene rings is 2. The second-order valence-corrected chi connectivity index (χ2v) is 9.22. The number of carbonyl (C=O) groups excluding carboxylic acids is 1. The molecule has 0 radical (unpaired) electrons. The topological polar surface area (TPSA) is 71.8 Å². The van der Waals surface area contributed by atoms with Crippen molar-refractivity contribution in [3.8, 4) is 0 Å². The van der Waals surface area contributed by atoms with E-state index in [1.807, 2.05) is 23.7 Å². The Kier molecular flexibility index (Phi) is 6.53. The van der Waals surface area contributed by atoms with E-state index in [9.17, 15) is 4.79 Å². The van der Waals surface area contributed by atoms with Gasteiger partial charge in [-0.25, -0.2) is 4.68 Å². The van der Waals surface area contributed by atoms with Gasteiger partial charge in [0.05, 0.1) is 6.04 Å². The van der Waals surface area contributed by atoms with E-state index in [-0.39, 0.29) is 11.9 Å². The Morgan fingerprint density at radius 3 is 2.68 bits per heavy atom. The van der Waals surface area contributed by atoms with Crippen LogP contribution < -0.4 is 10.7 Å². The van der Waals surface area contributed by atoms with E-state index < -0.39 is 5.25 Å². The highest BCUT2D eigenvalue weighted by atomic mass is 35.5.